The van der Waals surface area contributed by atoms with Crippen molar-refractivity contribution in [3.05, 3.63) is 71.5 Å². The Morgan fingerprint density at radius 2 is 1.62 bits per heavy atom. The van der Waals surface area contributed by atoms with Crippen molar-refractivity contribution in [3.63, 3.8) is 0 Å². The van der Waals surface area contributed by atoms with Gasteiger partial charge < -0.3 is 20.2 Å². The van der Waals surface area contributed by atoms with Crippen LogP contribution in [0.15, 0.2) is 54.6 Å². The average Bonchev–Trinajstić information content (AvgIpc) is 2.82. The van der Waals surface area contributed by atoms with E-state index in [1.807, 2.05) is 0 Å². The molecule has 6 nitrogen and oxygen atoms in total. The Hall–Kier alpha value is -3.29. The number of hydrogen-bond donors (Lipinski definition) is 3. The number of aromatic carboxylic acids is 1. The molecule has 32 heavy (non-hydrogen) atoms. The number of carbonyl (C=O) groups excluding carboxylic acids is 1. The Labute approximate surface area is 184 Å². The van der Waals surface area contributed by atoms with E-state index in [0.717, 1.165) is 23.3 Å². The van der Waals surface area contributed by atoms with Crippen LogP contribution in [0.5, 0.6) is 0 Å². The Morgan fingerprint density at radius 3 is 2.31 bits per heavy atom. The molecule has 1 aliphatic heterocycles. The monoisotopic (exact) mass is 437 g/mol. The van der Waals surface area contributed by atoms with Gasteiger partial charge in [0.05, 0.1) is 18.8 Å². The summed E-state index contributed by atoms with van der Waals surface area (Å²) in [6.45, 7) is 0.542. The lowest BCUT2D eigenvalue weighted by molar-refractivity contribution is -0.00624. The van der Waals surface area contributed by atoms with Crippen molar-refractivity contribution in [2.24, 2.45) is 5.41 Å². The molecule has 0 aromatic heterocycles. The highest BCUT2D eigenvalue weighted by Crippen LogP contribution is 2.31. The molecule has 0 radical (unpaired) electrons. The highest BCUT2D eigenvalue weighted by molar-refractivity contribution is 5.99. The van der Waals surface area contributed by atoms with Gasteiger partial charge in [0.2, 0.25) is 0 Å². The average molecular weight is 437 g/mol. The van der Waals surface area contributed by atoms with Crippen molar-refractivity contribution in [3.8, 4) is 11.1 Å². The Balaban J connectivity index is 1.61. The van der Waals surface area contributed by atoms with Gasteiger partial charge in [-0.2, -0.15) is 0 Å². The fourth-order valence-corrected chi connectivity index (χ4v) is 4.30. The highest BCUT2D eigenvalue weighted by Gasteiger charge is 2.36. The standard InChI is InChI=1S/C25H24FNO5/c26-22-12-20(24(31)32)6-7-21(22)18-4-2-17-11-19(5-3-16(17)10-18)23(30)27-9-1-8-25(13-27,14-28)15-29/h2-7,10-12,28-29H,1,8-9,13-15H2,(H,31,32). The van der Waals surface area contributed by atoms with Crippen LogP contribution < -0.4 is 0 Å². The highest BCUT2D eigenvalue weighted by atomic mass is 19.1. The normalized spacial score (nSPS) is 15.7. The first-order valence-electron chi connectivity index (χ1n) is 10.4. The van der Waals surface area contributed by atoms with Crippen LogP contribution in [0.25, 0.3) is 21.9 Å². The van der Waals surface area contributed by atoms with Gasteiger partial charge in [-0.25, -0.2) is 9.18 Å². The first-order valence-corrected chi connectivity index (χ1v) is 10.4. The molecule has 7 heteroatoms. The lowest BCUT2D eigenvalue weighted by Gasteiger charge is -2.40. The summed E-state index contributed by atoms with van der Waals surface area (Å²) < 4.78 is 14.4. The summed E-state index contributed by atoms with van der Waals surface area (Å²) >= 11 is 0. The van der Waals surface area contributed by atoms with Crippen LogP contribution in [0.4, 0.5) is 4.39 Å². The number of aliphatic hydroxyl groups is 2. The predicted molar refractivity (Wildman–Crippen MR) is 118 cm³/mol. The summed E-state index contributed by atoms with van der Waals surface area (Å²) in [4.78, 5) is 25.7. The number of carboxylic acid groups (broad SMARTS) is 1. The van der Waals surface area contributed by atoms with Gasteiger partial charge in [0.25, 0.3) is 5.91 Å². The quantitative estimate of drug-likeness (QED) is 0.567. The predicted octanol–water partition coefficient (Wildman–Crippen LogP) is 3.55. The Morgan fingerprint density at radius 1 is 0.938 bits per heavy atom. The number of fused-ring (bicyclic) bond motifs is 1. The molecule has 0 aliphatic carbocycles. The van der Waals surface area contributed by atoms with Gasteiger partial charge in [-0.15, -0.1) is 0 Å². The molecule has 0 saturated carbocycles. The van der Waals surface area contributed by atoms with Gasteiger partial charge in [-0.3, -0.25) is 4.79 Å². The zero-order chi connectivity index (χ0) is 22.9. The van der Waals surface area contributed by atoms with Gasteiger partial charge in [0.1, 0.15) is 5.82 Å². The van der Waals surface area contributed by atoms with E-state index in [1.54, 1.807) is 41.3 Å². The Kier molecular flexibility index (Phi) is 5.95. The summed E-state index contributed by atoms with van der Waals surface area (Å²) in [6, 6.07) is 14.4. The van der Waals surface area contributed by atoms with Crippen molar-refractivity contribution >= 4 is 22.6 Å². The van der Waals surface area contributed by atoms with Crippen molar-refractivity contribution in [2.75, 3.05) is 26.3 Å². The smallest absolute Gasteiger partial charge is 0.335 e. The zero-order valence-electron chi connectivity index (χ0n) is 17.4. The lowest BCUT2D eigenvalue weighted by atomic mass is 9.81. The lowest BCUT2D eigenvalue weighted by Crippen LogP contribution is -2.49. The van der Waals surface area contributed by atoms with E-state index in [4.69, 9.17) is 5.11 Å². The third-order valence-electron chi connectivity index (χ3n) is 6.23. The van der Waals surface area contributed by atoms with Crippen LogP contribution in [0, 0.1) is 11.2 Å². The molecule has 1 heterocycles. The van der Waals surface area contributed by atoms with Gasteiger partial charge >= 0.3 is 5.97 Å². The van der Waals surface area contributed by atoms with E-state index in [0.29, 0.717) is 36.2 Å². The molecule has 1 aliphatic rings. The van der Waals surface area contributed by atoms with Gasteiger partial charge in [0, 0.05) is 29.6 Å². The molecule has 3 aromatic carbocycles. The minimum atomic E-state index is -1.19. The maximum Gasteiger partial charge on any atom is 0.335 e. The second kappa shape index (κ2) is 8.68. The topological polar surface area (TPSA) is 98.1 Å². The molecule has 1 saturated heterocycles. The van der Waals surface area contributed by atoms with E-state index >= 15 is 0 Å². The van der Waals surface area contributed by atoms with E-state index in [9.17, 15) is 24.2 Å². The van der Waals surface area contributed by atoms with E-state index in [1.165, 1.54) is 12.1 Å². The minimum Gasteiger partial charge on any atom is -0.478 e. The Bertz CT molecular complexity index is 1190. The van der Waals surface area contributed by atoms with Crippen LogP contribution in [0.1, 0.15) is 33.6 Å². The number of rotatable bonds is 5. The van der Waals surface area contributed by atoms with Crippen molar-refractivity contribution in [2.45, 2.75) is 12.8 Å². The SMILES string of the molecule is O=C(O)c1ccc(-c2ccc3cc(C(=O)N4CCCC(CO)(CO)C4)ccc3c2)c(F)c1. The van der Waals surface area contributed by atoms with Crippen molar-refractivity contribution in [1.29, 1.82) is 0 Å². The number of carboxylic acids is 1. The number of likely N-dealkylation sites (tertiary alicyclic amines) is 1. The fraction of sp³-hybridized carbons (Fsp3) is 0.280. The number of benzene rings is 3. The minimum absolute atomic E-state index is 0.112. The molecule has 0 spiro atoms. The third-order valence-corrected chi connectivity index (χ3v) is 6.23. The first-order chi connectivity index (χ1) is 15.4. The maximum atomic E-state index is 14.4. The number of amides is 1. The van der Waals surface area contributed by atoms with Crippen LogP contribution >= 0.6 is 0 Å². The molecule has 1 amide bonds. The number of aliphatic hydroxyl groups excluding tert-OH is 2. The molecule has 0 unspecified atom stereocenters. The third kappa shape index (κ3) is 4.09. The number of carbonyl (C=O) groups is 2. The largest absolute Gasteiger partial charge is 0.478 e. The van der Waals surface area contributed by atoms with Crippen molar-refractivity contribution in [1.82, 2.24) is 4.90 Å². The van der Waals surface area contributed by atoms with Gasteiger partial charge in [0.15, 0.2) is 0 Å². The number of nitrogens with zero attached hydrogens (tertiary/aromatic N) is 1. The molecular weight excluding hydrogens is 413 g/mol. The summed E-state index contributed by atoms with van der Waals surface area (Å²) in [5.74, 6) is -1.95. The van der Waals surface area contributed by atoms with E-state index < -0.39 is 17.2 Å². The number of halogens is 1. The van der Waals surface area contributed by atoms with Crippen LogP contribution in [0.3, 0.4) is 0 Å². The summed E-state index contributed by atoms with van der Waals surface area (Å²) in [7, 11) is 0. The van der Waals surface area contributed by atoms with Gasteiger partial charge in [-0.1, -0.05) is 24.3 Å². The summed E-state index contributed by atoms with van der Waals surface area (Å²) in [5.41, 5.74) is 0.639. The second-order valence-electron chi connectivity index (χ2n) is 8.42. The van der Waals surface area contributed by atoms with E-state index in [2.05, 4.69) is 0 Å². The number of piperidine rings is 1. The molecule has 1 fully saturated rings. The fourth-order valence-electron chi connectivity index (χ4n) is 4.30. The van der Waals surface area contributed by atoms with Gasteiger partial charge in [-0.05, 0) is 59.5 Å². The zero-order valence-corrected chi connectivity index (χ0v) is 17.4. The van der Waals surface area contributed by atoms with Crippen LogP contribution in [0.2, 0.25) is 0 Å². The molecule has 0 bridgehead atoms. The van der Waals surface area contributed by atoms with Crippen LogP contribution in [-0.2, 0) is 0 Å². The molecule has 4 rings (SSSR count). The van der Waals surface area contributed by atoms with E-state index in [-0.39, 0.29) is 24.7 Å². The molecule has 3 N–H and O–H groups in total. The summed E-state index contributed by atoms with van der Waals surface area (Å²) in [5, 5.41) is 30.0. The number of hydrogen-bond acceptors (Lipinski definition) is 4. The molecule has 3 aromatic rings. The second-order valence-corrected chi connectivity index (χ2v) is 8.42. The van der Waals surface area contributed by atoms with Crippen LogP contribution in [-0.4, -0.2) is 58.4 Å². The summed E-state index contributed by atoms with van der Waals surface area (Å²) in [6.07, 6.45) is 1.39. The molecule has 166 valence electrons. The first kappa shape index (κ1) is 21.9. The van der Waals surface area contributed by atoms with Crippen molar-refractivity contribution < 1.29 is 29.3 Å². The molecule has 0 atom stereocenters. The maximum absolute atomic E-state index is 14.4. The molecular formula is C25H24FNO5.